The number of hydrogen-bond acceptors (Lipinski definition) is 2. The predicted molar refractivity (Wildman–Crippen MR) is 100 cm³/mol. The summed E-state index contributed by atoms with van der Waals surface area (Å²) in [6.07, 6.45) is 16.7. The molecule has 0 aliphatic heterocycles. The van der Waals surface area contributed by atoms with Crippen LogP contribution in [0.5, 0.6) is 0 Å². The molecule has 0 saturated heterocycles. The minimum Gasteiger partial charge on any atom is -0.481 e. The normalized spacial score (nSPS) is 12.1. The highest BCUT2D eigenvalue weighted by Crippen LogP contribution is 2.14. The molecule has 0 rings (SSSR count). The zero-order chi connectivity index (χ0) is 18.0. The molecular weight excluding hydrogens is 302 g/mol. The molecule has 0 bridgehead atoms. The Kier molecular flexibility index (Phi) is 16.0. The van der Waals surface area contributed by atoms with Gasteiger partial charge in [-0.05, 0) is 19.3 Å². The molecule has 1 amide bonds. The number of carboxylic acids is 1. The Hall–Kier alpha value is -1.06. The number of carbonyl (C=O) groups excluding carboxylic acids is 1. The molecular formula is C20H39NO3. The summed E-state index contributed by atoms with van der Waals surface area (Å²) in [4.78, 5) is 21.8. The van der Waals surface area contributed by atoms with Crippen molar-refractivity contribution in [3.8, 4) is 0 Å². The molecule has 0 saturated carbocycles. The Morgan fingerprint density at radius 2 is 1.25 bits per heavy atom. The quantitative estimate of drug-likeness (QED) is 0.346. The summed E-state index contributed by atoms with van der Waals surface area (Å²) >= 11 is 0. The molecule has 0 radical (unpaired) electrons. The van der Waals surface area contributed by atoms with E-state index in [0.29, 0.717) is 6.04 Å². The van der Waals surface area contributed by atoms with Gasteiger partial charge in [0.2, 0.25) is 5.91 Å². The molecule has 0 aliphatic rings. The predicted octanol–water partition coefficient (Wildman–Crippen LogP) is 5.45. The Morgan fingerprint density at radius 1 is 0.792 bits per heavy atom. The molecule has 0 aliphatic carbocycles. The SMILES string of the molecule is CCCCCCCCCC[C@@H](CCCCCCC(=O)O)NC(C)=O. The molecule has 4 heteroatoms. The van der Waals surface area contributed by atoms with Crippen molar-refractivity contribution in [2.75, 3.05) is 0 Å². The van der Waals surface area contributed by atoms with Gasteiger partial charge in [-0.15, -0.1) is 0 Å². The summed E-state index contributed by atoms with van der Waals surface area (Å²) in [5.41, 5.74) is 0. The van der Waals surface area contributed by atoms with Gasteiger partial charge in [-0.2, -0.15) is 0 Å². The van der Waals surface area contributed by atoms with Crippen molar-refractivity contribution >= 4 is 11.9 Å². The van der Waals surface area contributed by atoms with Crippen LogP contribution in [-0.2, 0) is 9.59 Å². The number of aliphatic carboxylic acids is 1. The van der Waals surface area contributed by atoms with Gasteiger partial charge in [0.1, 0.15) is 0 Å². The Balaban J connectivity index is 3.66. The topological polar surface area (TPSA) is 66.4 Å². The molecule has 0 unspecified atom stereocenters. The van der Waals surface area contributed by atoms with Crippen molar-refractivity contribution in [2.45, 2.75) is 116 Å². The fourth-order valence-corrected chi connectivity index (χ4v) is 3.12. The zero-order valence-corrected chi connectivity index (χ0v) is 15.9. The lowest BCUT2D eigenvalue weighted by molar-refractivity contribution is -0.137. The highest BCUT2D eigenvalue weighted by Gasteiger charge is 2.09. The average molecular weight is 342 g/mol. The van der Waals surface area contributed by atoms with Gasteiger partial charge < -0.3 is 10.4 Å². The van der Waals surface area contributed by atoms with E-state index < -0.39 is 5.97 Å². The molecule has 4 nitrogen and oxygen atoms in total. The number of rotatable bonds is 17. The van der Waals surface area contributed by atoms with Gasteiger partial charge in [-0.1, -0.05) is 77.6 Å². The third kappa shape index (κ3) is 17.3. The van der Waals surface area contributed by atoms with E-state index in [0.717, 1.165) is 38.5 Å². The summed E-state index contributed by atoms with van der Waals surface area (Å²) in [6, 6.07) is 0.294. The fraction of sp³-hybridized carbons (Fsp3) is 0.900. The molecule has 24 heavy (non-hydrogen) atoms. The van der Waals surface area contributed by atoms with Gasteiger partial charge in [0.15, 0.2) is 0 Å². The summed E-state index contributed by atoms with van der Waals surface area (Å²) in [6.45, 7) is 3.84. The van der Waals surface area contributed by atoms with Crippen molar-refractivity contribution in [1.82, 2.24) is 5.32 Å². The molecule has 0 heterocycles. The maximum atomic E-state index is 11.3. The van der Waals surface area contributed by atoms with Gasteiger partial charge in [0, 0.05) is 19.4 Å². The van der Waals surface area contributed by atoms with Crippen molar-refractivity contribution < 1.29 is 14.7 Å². The van der Waals surface area contributed by atoms with E-state index in [1.54, 1.807) is 6.92 Å². The number of nitrogens with one attached hydrogen (secondary N) is 1. The first-order valence-electron chi connectivity index (χ1n) is 10.0. The second kappa shape index (κ2) is 16.8. The number of carbonyl (C=O) groups is 2. The van der Waals surface area contributed by atoms with Gasteiger partial charge in [0.25, 0.3) is 0 Å². The lowest BCUT2D eigenvalue weighted by Crippen LogP contribution is -2.32. The molecule has 1 atom stereocenters. The van der Waals surface area contributed by atoms with Crippen LogP contribution in [0.1, 0.15) is 110 Å². The average Bonchev–Trinajstić information content (AvgIpc) is 2.52. The van der Waals surface area contributed by atoms with E-state index in [1.165, 1.54) is 51.4 Å². The molecule has 0 fully saturated rings. The maximum absolute atomic E-state index is 11.3. The van der Waals surface area contributed by atoms with Gasteiger partial charge in [-0.3, -0.25) is 9.59 Å². The smallest absolute Gasteiger partial charge is 0.303 e. The first-order valence-corrected chi connectivity index (χ1v) is 10.0. The van der Waals surface area contributed by atoms with Crippen molar-refractivity contribution in [1.29, 1.82) is 0 Å². The Bertz CT molecular complexity index is 318. The summed E-state index contributed by atoms with van der Waals surface area (Å²) in [5, 5.41) is 11.7. The zero-order valence-electron chi connectivity index (χ0n) is 15.9. The van der Waals surface area contributed by atoms with Crippen LogP contribution < -0.4 is 5.32 Å². The largest absolute Gasteiger partial charge is 0.481 e. The molecule has 142 valence electrons. The van der Waals surface area contributed by atoms with Crippen LogP contribution in [-0.4, -0.2) is 23.0 Å². The molecule has 2 N–H and O–H groups in total. The molecule has 0 aromatic heterocycles. The van der Waals surface area contributed by atoms with E-state index in [4.69, 9.17) is 5.11 Å². The standard InChI is InChI=1S/C20H39NO3/c1-3-4-5-6-7-8-9-12-15-19(21-18(2)22)16-13-10-11-14-17-20(23)24/h19H,3-17H2,1-2H3,(H,21,22)(H,23,24)/t19-/m0/s1. The molecule has 0 aromatic carbocycles. The maximum Gasteiger partial charge on any atom is 0.303 e. The Labute approximate surface area is 148 Å². The monoisotopic (exact) mass is 341 g/mol. The van der Waals surface area contributed by atoms with Crippen molar-refractivity contribution in [2.24, 2.45) is 0 Å². The van der Waals surface area contributed by atoms with Crippen LogP contribution in [0.4, 0.5) is 0 Å². The van der Waals surface area contributed by atoms with Crippen LogP contribution in [0.25, 0.3) is 0 Å². The fourth-order valence-electron chi connectivity index (χ4n) is 3.12. The van der Waals surface area contributed by atoms with Crippen molar-refractivity contribution in [3.63, 3.8) is 0 Å². The summed E-state index contributed by atoms with van der Waals surface area (Å²) in [7, 11) is 0. The van der Waals surface area contributed by atoms with E-state index >= 15 is 0 Å². The summed E-state index contributed by atoms with van der Waals surface area (Å²) < 4.78 is 0. The minimum atomic E-state index is -0.708. The van der Waals surface area contributed by atoms with Crippen molar-refractivity contribution in [3.05, 3.63) is 0 Å². The number of unbranched alkanes of at least 4 members (excludes halogenated alkanes) is 10. The van der Waals surface area contributed by atoms with Crippen LogP contribution >= 0.6 is 0 Å². The molecule has 0 aromatic rings. The van der Waals surface area contributed by atoms with E-state index in [9.17, 15) is 9.59 Å². The molecule has 0 spiro atoms. The second-order valence-corrected chi connectivity index (χ2v) is 7.01. The highest BCUT2D eigenvalue weighted by molar-refractivity contribution is 5.73. The lowest BCUT2D eigenvalue weighted by Gasteiger charge is -2.17. The highest BCUT2D eigenvalue weighted by atomic mass is 16.4. The van der Waals surface area contributed by atoms with E-state index in [1.807, 2.05) is 0 Å². The van der Waals surface area contributed by atoms with Crippen LogP contribution in [0, 0.1) is 0 Å². The first kappa shape index (κ1) is 22.9. The number of amides is 1. The first-order chi connectivity index (χ1) is 11.6. The van der Waals surface area contributed by atoms with Crippen LogP contribution in [0.3, 0.4) is 0 Å². The van der Waals surface area contributed by atoms with Gasteiger partial charge in [0.05, 0.1) is 0 Å². The lowest BCUT2D eigenvalue weighted by atomic mass is 10.00. The Morgan fingerprint density at radius 3 is 1.71 bits per heavy atom. The summed E-state index contributed by atoms with van der Waals surface area (Å²) in [5.74, 6) is -0.647. The second-order valence-electron chi connectivity index (χ2n) is 7.01. The van der Waals surface area contributed by atoms with E-state index in [-0.39, 0.29) is 12.3 Å². The third-order valence-electron chi connectivity index (χ3n) is 4.51. The van der Waals surface area contributed by atoms with Crippen LogP contribution in [0.2, 0.25) is 0 Å². The van der Waals surface area contributed by atoms with Gasteiger partial charge >= 0.3 is 5.97 Å². The minimum absolute atomic E-state index is 0.0606. The number of hydrogen-bond donors (Lipinski definition) is 2. The van der Waals surface area contributed by atoms with E-state index in [2.05, 4.69) is 12.2 Å². The number of carboxylic acid groups (broad SMARTS) is 1. The van der Waals surface area contributed by atoms with Gasteiger partial charge in [-0.25, -0.2) is 0 Å². The van der Waals surface area contributed by atoms with Crippen LogP contribution in [0.15, 0.2) is 0 Å². The third-order valence-corrected chi connectivity index (χ3v) is 4.51.